The second-order valence-corrected chi connectivity index (χ2v) is 7.79. The van der Waals surface area contributed by atoms with Crippen LogP contribution in [0.2, 0.25) is 0 Å². The molecule has 0 aliphatic heterocycles. The molecule has 1 rings (SSSR count). The van der Waals surface area contributed by atoms with Crippen LogP contribution in [0.1, 0.15) is 25.8 Å². The summed E-state index contributed by atoms with van der Waals surface area (Å²) in [5.74, 6) is 2.58. The minimum atomic E-state index is -3.52. The van der Waals surface area contributed by atoms with Gasteiger partial charge < -0.3 is 10.5 Å². The van der Waals surface area contributed by atoms with Crippen molar-refractivity contribution in [3.05, 3.63) is 23.8 Å². The topological polar surface area (TPSA) is 81.4 Å². The van der Waals surface area contributed by atoms with Crippen LogP contribution >= 0.6 is 11.8 Å². The molecule has 0 bridgehead atoms. The molecule has 0 spiro atoms. The molecule has 1 aromatic rings. The Labute approximate surface area is 131 Å². The Morgan fingerprint density at radius 1 is 1.43 bits per heavy atom. The molecule has 0 aliphatic carbocycles. The Kier molecular flexibility index (Phi) is 7.51. The summed E-state index contributed by atoms with van der Waals surface area (Å²) in [7, 11) is -1.99. The van der Waals surface area contributed by atoms with Crippen molar-refractivity contribution in [2.45, 2.75) is 37.8 Å². The lowest BCUT2D eigenvalue weighted by atomic mass is 10.2. The standard InChI is InChI=1S/C14H24N2O3S2/c1-4-20-8-7-11(2)16-21(17,18)13-5-6-14(19-3)12(9-13)10-15/h5-6,9,11,16H,4,7-8,10,15H2,1-3H3. The molecule has 0 saturated carbocycles. The van der Waals surface area contributed by atoms with E-state index in [-0.39, 0.29) is 17.5 Å². The predicted octanol–water partition coefficient (Wildman–Crippen LogP) is 1.96. The molecular weight excluding hydrogens is 308 g/mol. The van der Waals surface area contributed by atoms with Gasteiger partial charge in [0.25, 0.3) is 0 Å². The van der Waals surface area contributed by atoms with Gasteiger partial charge in [0.05, 0.1) is 12.0 Å². The van der Waals surface area contributed by atoms with Crippen LogP contribution in [0.3, 0.4) is 0 Å². The average molecular weight is 332 g/mol. The van der Waals surface area contributed by atoms with Crippen LogP contribution in [0.4, 0.5) is 0 Å². The van der Waals surface area contributed by atoms with Gasteiger partial charge in [0, 0.05) is 18.2 Å². The maximum atomic E-state index is 12.3. The lowest BCUT2D eigenvalue weighted by molar-refractivity contribution is 0.409. The maximum absolute atomic E-state index is 12.3. The van der Waals surface area contributed by atoms with Crippen LogP contribution in [0.15, 0.2) is 23.1 Å². The fourth-order valence-electron chi connectivity index (χ4n) is 1.88. The molecule has 0 fully saturated rings. The number of nitrogens with one attached hydrogen (secondary N) is 1. The summed E-state index contributed by atoms with van der Waals surface area (Å²) in [6.45, 7) is 4.20. The van der Waals surface area contributed by atoms with Crippen LogP contribution in [-0.4, -0.2) is 33.1 Å². The molecule has 1 aromatic carbocycles. The Balaban J connectivity index is 2.82. The van der Waals surface area contributed by atoms with Gasteiger partial charge in [0.2, 0.25) is 10.0 Å². The molecular formula is C14H24N2O3S2. The van der Waals surface area contributed by atoms with Gasteiger partial charge in [-0.15, -0.1) is 0 Å². The quantitative estimate of drug-likeness (QED) is 0.676. The van der Waals surface area contributed by atoms with Crippen molar-refractivity contribution in [1.82, 2.24) is 4.72 Å². The number of hydrogen-bond donors (Lipinski definition) is 2. The second kappa shape index (κ2) is 8.63. The fourth-order valence-corrected chi connectivity index (χ4v) is 4.02. The second-order valence-electron chi connectivity index (χ2n) is 4.69. The van der Waals surface area contributed by atoms with E-state index in [0.29, 0.717) is 11.3 Å². The van der Waals surface area contributed by atoms with E-state index in [9.17, 15) is 8.42 Å². The van der Waals surface area contributed by atoms with E-state index in [2.05, 4.69) is 11.6 Å². The third kappa shape index (κ3) is 5.50. The molecule has 0 heterocycles. The zero-order chi connectivity index (χ0) is 15.9. The molecule has 7 heteroatoms. The summed E-state index contributed by atoms with van der Waals surface area (Å²) in [5, 5.41) is 0. The highest BCUT2D eigenvalue weighted by molar-refractivity contribution is 7.99. The van der Waals surface area contributed by atoms with Crippen LogP contribution < -0.4 is 15.2 Å². The van der Waals surface area contributed by atoms with Gasteiger partial charge in [-0.3, -0.25) is 0 Å². The molecule has 5 nitrogen and oxygen atoms in total. The molecule has 1 atom stereocenters. The zero-order valence-corrected chi connectivity index (χ0v) is 14.4. The molecule has 0 aromatic heterocycles. The van der Waals surface area contributed by atoms with E-state index in [1.165, 1.54) is 13.2 Å². The highest BCUT2D eigenvalue weighted by atomic mass is 32.2. The molecule has 1 unspecified atom stereocenters. The van der Waals surface area contributed by atoms with Gasteiger partial charge in [0.1, 0.15) is 5.75 Å². The molecule has 0 aliphatic rings. The highest BCUT2D eigenvalue weighted by Gasteiger charge is 2.18. The molecule has 3 N–H and O–H groups in total. The lowest BCUT2D eigenvalue weighted by Crippen LogP contribution is -2.33. The SMILES string of the molecule is CCSCCC(C)NS(=O)(=O)c1ccc(OC)c(CN)c1. The van der Waals surface area contributed by atoms with E-state index >= 15 is 0 Å². The minimum Gasteiger partial charge on any atom is -0.496 e. The summed E-state index contributed by atoms with van der Waals surface area (Å²) < 4.78 is 32.5. The van der Waals surface area contributed by atoms with E-state index in [4.69, 9.17) is 10.5 Å². The normalized spacial score (nSPS) is 13.1. The Hall–Kier alpha value is -0.760. The van der Waals surface area contributed by atoms with Gasteiger partial charge in [-0.05, 0) is 43.0 Å². The number of sulfonamides is 1. The van der Waals surface area contributed by atoms with Crippen molar-refractivity contribution in [2.24, 2.45) is 5.73 Å². The Morgan fingerprint density at radius 2 is 2.14 bits per heavy atom. The van der Waals surface area contributed by atoms with E-state index in [1.807, 2.05) is 6.92 Å². The van der Waals surface area contributed by atoms with Crippen LogP contribution in [0, 0.1) is 0 Å². The monoisotopic (exact) mass is 332 g/mol. The first-order chi connectivity index (χ1) is 9.94. The van der Waals surface area contributed by atoms with Crippen molar-refractivity contribution in [2.75, 3.05) is 18.6 Å². The summed E-state index contributed by atoms with van der Waals surface area (Å²) in [6, 6.07) is 4.63. The largest absolute Gasteiger partial charge is 0.496 e. The fraction of sp³-hybridized carbons (Fsp3) is 0.571. The molecule has 0 amide bonds. The van der Waals surface area contributed by atoms with Crippen LogP contribution in [-0.2, 0) is 16.6 Å². The predicted molar refractivity (Wildman–Crippen MR) is 88.3 cm³/mol. The summed E-state index contributed by atoms with van der Waals surface area (Å²) in [6.07, 6.45) is 0.803. The molecule has 120 valence electrons. The smallest absolute Gasteiger partial charge is 0.240 e. The molecule has 0 radical (unpaired) electrons. The Bertz CT molecular complexity index is 547. The summed E-state index contributed by atoms with van der Waals surface area (Å²) in [5.41, 5.74) is 6.30. The van der Waals surface area contributed by atoms with E-state index in [0.717, 1.165) is 17.9 Å². The van der Waals surface area contributed by atoms with Crippen LogP contribution in [0.25, 0.3) is 0 Å². The zero-order valence-electron chi connectivity index (χ0n) is 12.8. The first kappa shape index (κ1) is 18.3. The van der Waals surface area contributed by atoms with E-state index in [1.54, 1.807) is 23.9 Å². The number of benzene rings is 1. The lowest BCUT2D eigenvalue weighted by Gasteiger charge is -2.15. The van der Waals surface area contributed by atoms with Gasteiger partial charge in [-0.1, -0.05) is 6.92 Å². The van der Waals surface area contributed by atoms with Crippen molar-refractivity contribution in [1.29, 1.82) is 0 Å². The molecule has 21 heavy (non-hydrogen) atoms. The maximum Gasteiger partial charge on any atom is 0.240 e. The number of methoxy groups -OCH3 is 1. The number of rotatable bonds is 9. The third-order valence-electron chi connectivity index (χ3n) is 3.04. The van der Waals surface area contributed by atoms with E-state index < -0.39 is 10.0 Å². The number of ether oxygens (including phenoxy) is 1. The van der Waals surface area contributed by atoms with Gasteiger partial charge in [-0.2, -0.15) is 11.8 Å². The number of nitrogens with two attached hydrogens (primary N) is 1. The number of thioether (sulfide) groups is 1. The van der Waals surface area contributed by atoms with Crippen LogP contribution in [0.5, 0.6) is 5.75 Å². The highest BCUT2D eigenvalue weighted by Crippen LogP contribution is 2.22. The van der Waals surface area contributed by atoms with Crippen molar-refractivity contribution < 1.29 is 13.2 Å². The first-order valence-electron chi connectivity index (χ1n) is 6.91. The Morgan fingerprint density at radius 3 is 2.71 bits per heavy atom. The molecule has 0 saturated heterocycles. The minimum absolute atomic E-state index is 0.0996. The average Bonchev–Trinajstić information content (AvgIpc) is 2.46. The summed E-state index contributed by atoms with van der Waals surface area (Å²) in [4.78, 5) is 0.221. The van der Waals surface area contributed by atoms with Crippen molar-refractivity contribution in [3.63, 3.8) is 0 Å². The number of hydrogen-bond acceptors (Lipinski definition) is 5. The van der Waals surface area contributed by atoms with Crippen molar-refractivity contribution in [3.8, 4) is 5.75 Å². The van der Waals surface area contributed by atoms with Gasteiger partial charge in [-0.25, -0.2) is 13.1 Å². The third-order valence-corrected chi connectivity index (χ3v) is 5.56. The van der Waals surface area contributed by atoms with Gasteiger partial charge >= 0.3 is 0 Å². The first-order valence-corrected chi connectivity index (χ1v) is 9.55. The van der Waals surface area contributed by atoms with Crippen molar-refractivity contribution >= 4 is 21.8 Å². The summed E-state index contributed by atoms with van der Waals surface area (Å²) >= 11 is 1.80. The van der Waals surface area contributed by atoms with Gasteiger partial charge in [0.15, 0.2) is 0 Å².